The second-order valence-corrected chi connectivity index (χ2v) is 4.21. The van der Waals surface area contributed by atoms with Crippen LogP contribution in [-0.2, 0) is 6.18 Å². The molecule has 0 radical (unpaired) electrons. The monoisotopic (exact) mass is 258 g/mol. The molecule has 0 bridgehead atoms. The van der Waals surface area contributed by atoms with Gasteiger partial charge in [-0.3, -0.25) is 5.10 Å². The molecule has 1 saturated heterocycles. The molecule has 8 heteroatoms. The van der Waals surface area contributed by atoms with E-state index >= 15 is 0 Å². The maximum Gasteiger partial charge on any atom is 0.433 e. The lowest BCUT2D eigenvalue weighted by atomic mass is 10.1. The summed E-state index contributed by atoms with van der Waals surface area (Å²) in [5.74, 6) is 0. The summed E-state index contributed by atoms with van der Waals surface area (Å²) >= 11 is 0. The number of pyridine rings is 1. The van der Waals surface area contributed by atoms with Gasteiger partial charge in [0.05, 0.1) is 18.0 Å². The van der Waals surface area contributed by atoms with E-state index in [9.17, 15) is 18.3 Å². The third-order valence-electron chi connectivity index (χ3n) is 2.88. The fraction of sp³-hybridized carbons (Fsp3) is 0.400. The lowest BCUT2D eigenvalue weighted by Gasteiger charge is -2.38. The third kappa shape index (κ3) is 1.69. The Balaban J connectivity index is 2.13. The molecule has 1 aliphatic heterocycles. The van der Waals surface area contributed by atoms with Gasteiger partial charge in [0, 0.05) is 13.1 Å². The van der Waals surface area contributed by atoms with Crippen LogP contribution in [0.2, 0.25) is 0 Å². The van der Waals surface area contributed by atoms with Crippen LogP contribution in [0.3, 0.4) is 0 Å². The molecule has 0 aromatic carbocycles. The number of halogens is 3. The number of hydrogen-bond acceptors (Lipinski definition) is 4. The Morgan fingerprint density at radius 3 is 2.72 bits per heavy atom. The predicted octanol–water partition coefficient (Wildman–Crippen LogP) is 1.16. The number of anilines is 1. The summed E-state index contributed by atoms with van der Waals surface area (Å²) in [5.41, 5.74) is 0.0408. The van der Waals surface area contributed by atoms with Crippen LogP contribution in [0.5, 0.6) is 0 Å². The highest BCUT2D eigenvalue weighted by molar-refractivity contribution is 5.88. The van der Waals surface area contributed by atoms with Gasteiger partial charge in [0.15, 0.2) is 0 Å². The van der Waals surface area contributed by atoms with Gasteiger partial charge in [0.2, 0.25) is 0 Å². The fourth-order valence-electron chi connectivity index (χ4n) is 1.96. The molecule has 5 nitrogen and oxygen atoms in total. The van der Waals surface area contributed by atoms with Gasteiger partial charge in [-0.2, -0.15) is 18.3 Å². The third-order valence-corrected chi connectivity index (χ3v) is 2.88. The van der Waals surface area contributed by atoms with E-state index in [0.29, 0.717) is 24.3 Å². The second kappa shape index (κ2) is 3.58. The van der Waals surface area contributed by atoms with Crippen molar-refractivity contribution in [1.82, 2.24) is 15.2 Å². The minimum atomic E-state index is -4.50. The number of nitrogens with one attached hydrogen (secondary N) is 1. The van der Waals surface area contributed by atoms with Gasteiger partial charge in [0.1, 0.15) is 16.7 Å². The second-order valence-electron chi connectivity index (χ2n) is 4.21. The largest absolute Gasteiger partial charge is 0.433 e. The molecule has 1 fully saturated rings. The van der Waals surface area contributed by atoms with Gasteiger partial charge >= 0.3 is 6.18 Å². The van der Waals surface area contributed by atoms with Gasteiger partial charge in [-0.1, -0.05) is 0 Å². The lowest BCUT2D eigenvalue weighted by Crippen LogP contribution is -2.51. The number of aromatic amines is 1. The Morgan fingerprint density at radius 1 is 1.39 bits per heavy atom. The van der Waals surface area contributed by atoms with Crippen molar-refractivity contribution in [3.63, 3.8) is 0 Å². The van der Waals surface area contributed by atoms with Crippen LogP contribution < -0.4 is 4.90 Å². The quantitative estimate of drug-likeness (QED) is 0.805. The van der Waals surface area contributed by atoms with Crippen LogP contribution in [0, 0.1) is 0 Å². The first kappa shape index (κ1) is 11.3. The normalized spacial score (nSPS) is 17.2. The van der Waals surface area contributed by atoms with Crippen LogP contribution >= 0.6 is 0 Å². The van der Waals surface area contributed by atoms with Gasteiger partial charge in [-0.05, 0) is 6.07 Å². The van der Waals surface area contributed by atoms with E-state index in [1.165, 1.54) is 6.20 Å². The summed E-state index contributed by atoms with van der Waals surface area (Å²) in [6.07, 6.45) is -3.74. The first-order chi connectivity index (χ1) is 8.45. The van der Waals surface area contributed by atoms with Gasteiger partial charge < -0.3 is 10.0 Å². The lowest BCUT2D eigenvalue weighted by molar-refractivity contribution is -0.140. The fourth-order valence-corrected chi connectivity index (χ4v) is 1.96. The van der Waals surface area contributed by atoms with Crippen LogP contribution in [0.25, 0.3) is 11.0 Å². The van der Waals surface area contributed by atoms with E-state index in [0.717, 1.165) is 6.07 Å². The Labute approximate surface area is 99.2 Å². The van der Waals surface area contributed by atoms with Crippen LogP contribution in [0.1, 0.15) is 5.69 Å². The maximum atomic E-state index is 12.7. The average molecular weight is 258 g/mol. The molecule has 0 saturated carbocycles. The highest BCUT2D eigenvalue weighted by Crippen LogP contribution is 2.35. The number of aromatic nitrogens is 3. The summed E-state index contributed by atoms with van der Waals surface area (Å²) < 4.78 is 38.1. The molecular weight excluding hydrogens is 249 g/mol. The predicted molar refractivity (Wildman–Crippen MR) is 57.1 cm³/mol. The number of β-amino-alcohol motifs (C(OH)–C–C–N with tert-alkyl or cyclic N) is 1. The minimum Gasteiger partial charge on any atom is -0.389 e. The molecule has 96 valence electrons. The van der Waals surface area contributed by atoms with Crippen LogP contribution in [0.15, 0.2) is 12.3 Å². The maximum absolute atomic E-state index is 12.7. The summed E-state index contributed by atoms with van der Waals surface area (Å²) in [6.45, 7) is 0.630. The molecule has 2 aromatic rings. The molecule has 0 spiro atoms. The van der Waals surface area contributed by atoms with Crippen molar-refractivity contribution in [3.05, 3.63) is 18.0 Å². The molecule has 3 rings (SSSR count). The number of nitrogens with zero attached hydrogens (tertiary/aromatic N) is 3. The molecular formula is C10H9F3N4O. The molecule has 0 amide bonds. The number of rotatable bonds is 1. The molecule has 1 aliphatic rings. The first-order valence-electron chi connectivity index (χ1n) is 5.29. The highest BCUT2D eigenvalue weighted by atomic mass is 19.4. The average Bonchev–Trinajstić information content (AvgIpc) is 2.70. The number of fused-ring (bicyclic) bond motifs is 1. The number of hydrogen-bond donors (Lipinski definition) is 2. The van der Waals surface area contributed by atoms with Gasteiger partial charge in [-0.15, -0.1) is 0 Å². The van der Waals surface area contributed by atoms with Crippen molar-refractivity contribution >= 4 is 16.7 Å². The topological polar surface area (TPSA) is 65.0 Å². The zero-order chi connectivity index (χ0) is 12.9. The Morgan fingerprint density at radius 2 is 2.11 bits per heavy atom. The molecule has 0 atom stereocenters. The molecule has 3 heterocycles. The standard InChI is InChI=1S/C10H9F3N4O/c11-10(12,13)8-1-7(17-3-5(18)4-17)9-6(15-8)2-14-16-9/h1-2,5,18H,3-4H2,(H,14,16). The smallest absolute Gasteiger partial charge is 0.389 e. The number of alkyl halides is 3. The molecule has 2 aromatic heterocycles. The van der Waals surface area contributed by atoms with Crippen molar-refractivity contribution in [1.29, 1.82) is 0 Å². The Kier molecular flexibility index (Phi) is 2.24. The van der Waals surface area contributed by atoms with E-state index in [2.05, 4.69) is 15.2 Å². The summed E-state index contributed by atoms with van der Waals surface area (Å²) in [7, 11) is 0. The van der Waals surface area contributed by atoms with Crippen molar-refractivity contribution in [2.45, 2.75) is 12.3 Å². The molecule has 2 N–H and O–H groups in total. The Hall–Kier alpha value is -1.83. The zero-order valence-electron chi connectivity index (χ0n) is 9.07. The van der Waals surface area contributed by atoms with Crippen LogP contribution in [-0.4, -0.2) is 39.5 Å². The Bertz CT molecular complexity index is 588. The SMILES string of the molecule is OC1CN(c2cc(C(F)(F)F)nc3cn[nH]c23)C1. The summed E-state index contributed by atoms with van der Waals surface area (Å²) in [4.78, 5) is 5.17. The first-order valence-corrected chi connectivity index (χ1v) is 5.29. The molecule has 18 heavy (non-hydrogen) atoms. The van der Waals surface area contributed by atoms with Crippen molar-refractivity contribution < 1.29 is 18.3 Å². The number of aliphatic hydroxyl groups is 1. The number of H-pyrrole nitrogens is 1. The summed E-state index contributed by atoms with van der Waals surface area (Å²) in [6, 6.07) is 0.979. The van der Waals surface area contributed by atoms with E-state index in [4.69, 9.17) is 0 Å². The van der Waals surface area contributed by atoms with Gasteiger partial charge in [-0.25, -0.2) is 4.98 Å². The van der Waals surface area contributed by atoms with Gasteiger partial charge in [0.25, 0.3) is 0 Å². The number of aliphatic hydroxyl groups excluding tert-OH is 1. The van der Waals surface area contributed by atoms with Crippen molar-refractivity contribution in [3.8, 4) is 0 Å². The van der Waals surface area contributed by atoms with Crippen molar-refractivity contribution in [2.75, 3.05) is 18.0 Å². The van der Waals surface area contributed by atoms with E-state index in [1.807, 2.05) is 0 Å². The zero-order valence-corrected chi connectivity index (χ0v) is 9.07. The molecule has 0 unspecified atom stereocenters. The van der Waals surface area contributed by atoms with E-state index in [1.54, 1.807) is 4.90 Å². The summed E-state index contributed by atoms with van der Waals surface area (Å²) in [5, 5.41) is 15.6. The minimum absolute atomic E-state index is 0.168. The van der Waals surface area contributed by atoms with E-state index < -0.39 is 18.0 Å². The van der Waals surface area contributed by atoms with E-state index in [-0.39, 0.29) is 5.52 Å². The highest BCUT2D eigenvalue weighted by Gasteiger charge is 2.35. The van der Waals surface area contributed by atoms with Crippen molar-refractivity contribution in [2.24, 2.45) is 0 Å². The van der Waals surface area contributed by atoms with Crippen LogP contribution in [0.4, 0.5) is 18.9 Å². The molecule has 0 aliphatic carbocycles.